The summed E-state index contributed by atoms with van der Waals surface area (Å²) in [5.74, 6) is 0.782. The van der Waals surface area contributed by atoms with E-state index >= 15 is 0 Å². The molecule has 0 aliphatic carbocycles. The fourth-order valence-corrected chi connectivity index (χ4v) is 3.66. The number of ether oxygens (including phenoxy) is 1. The molecule has 0 spiro atoms. The first-order chi connectivity index (χ1) is 11.3. The molecule has 1 aromatic heterocycles. The number of allylic oxidation sites excluding steroid dienone is 1. The van der Waals surface area contributed by atoms with E-state index in [1.807, 2.05) is 31.2 Å². The molecule has 0 saturated carbocycles. The zero-order valence-corrected chi connectivity index (χ0v) is 16.1. The van der Waals surface area contributed by atoms with Gasteiger partial charge in [0.05, 0.1) is 11.3 Å². The molecule has 0 aliphatic rings. The van der Waals surface area contributed by atoms with Crippen LogP contribution in [0.5, 0.6) is 0 Å². The van der Waals surface area contributed by atoms with E-state index in [-0.39, 0.29) is 0 Å². The molecule has 0 bridgehead atoms. The van der Waals surface area contributed by atoms with Crippen molar-refractivity contribution in [3.8, 4) is 0 Å². The predicted molar refractivity (Wildman–Crippen MR) is 100 cm³/mol. The molecule has 6 heteroatoms. The van der Waals surface area contributed by atoms with Crippen LogP contribution in [0.25, 0.3) is 11.0 Å². The van der Waals surface area contributed by atoms with Crippen LogP contribution < -0.4 is 0 Å². The first-order valence-electron chi connectivity index (χ1n) is 8.26. The summed E-state index contributed by atoms with van der Waals surface area (Å²) < 4.78 is 13.8. The summed E-state index contributed by atoms with van der Waals surface area (Å²) in [6.07, 6.45) is 3.10. The van der Waals surface area contributed by atoms with Gasteiger partial charge in [0, 0.05) is 19.4 Å². The van der Waals surface area contributed by atoms with Crippen LogP contribution in [-0.2, 0) is 14.9 Å². The third-order valence-corrected chi connectivity index (χ3v) is 4.54. The van der Waals surface area contributed by atoms with Gasteiger partial charge in [0.2, 0.25) is 8.32 Å². The number of hydrogen-bond acceptors (Lipinski definition) is 4. The number of benzene rings is 1. The molecule has 0 saturated heterocycles. The van der Waals surface area contributed by atoms with Crippen LogP contribution in [0.3, 0.4) is 0 Å². The minimum atomic E-state index is -1.66. The molecule has 2 aromatic rings. The van der Waals surface area contributed by atoms with Gasteiger partial charge in [0.25, 0.3) is 0 Å². The second-order valence-corrected chi connectivity index (χ2v) is 11.2. The first-order valence-corrected chi connectivity index (χ1v) is 11.7. The molecule has 0 N–H and O–H groups in total. The van der Waals surface area contributed by atoms with E-state index in [1.54, 1.807) is 10.8 Å². The molecule has 1 atom stereocenters. The summed E-state index contributed by atoms with van der Waals surface area (Å²) in [5, 5.41) is 8.56. The van der Waals surface area contributed by atoms with Gasteiger partial charge in [-0.05, 0) is 44.8 Å². The van der Waals surface area contributed by atoms with Gasteiger partial charge in [-0.15, -0.1) is 5.10 Å². The highest BCUT2D eigenvalue weighted by Crippen LogP contribution is 2.30. The van der Waals surface area contributed by atoms with Gasteiger partial charge < -0.3 is 9.16 Å². The Morgan fingerprint density at radius 3 is 2.67 bits per heavy atom. The number of fused-ring (bicyclic) bond motifs is 1. The molecular weight excluding hydrogens is 318 g/mol. The average Bonchev–Trinajstić information content (AvgIpc) is 2.94. The van der Waals surface area contributed by atoms with Gasteiger partial charge in [0.1, 0.15) is 5.52 Å². The Kier molecular flexibility index (Phi) is 5.61. The Balaban J connectivity index is 2.30. The monoisotopic (exact) mass is 345 g/mol. The van der Waals surface area contributed by atoms with Gasteiger partial charge in [-0.2, -0.15) is 0 Å². The van der Waals surface area contributed by atoms with E-state index in [1.165, 1.54) is 0 Å². The van der Waals surface area contributed by atoms with E-state index in [0.29, 0.717) is 19.4 Å². The quantitative estimate of drug-likeness (QED) is 0.383. The fraction of sp³-hybridized carbons (Fsp3) is 0.444. The van der Waals surface area contributed by atoms with Crippen molar-refractivity contribution in [2.45, 2.75) is 45.1 Å². The smallest absolute Gasteiger partial charge is 0.241 e. The third-order valence-electron chi connectivity index (χ3n) is 3.64. The van der Waals surface area contributed by atoms with Crippen molar-refractivity contribution in [1.82, 2.24) is 15.0 Å². The van der Waals surface area contributed by atoms with Crippen LogP contribution in [0.2, 0.25) is 19.6 Å². The van der Waals surface area contributed by atoms with E-state index in [9.17, 15) is 0 Å². The van der Waals surface area contributed by atoms with Crippen LogP contribution in [0.4, 0.5) is 0 Å². The summed E-state index contributed by atoms with van der Waals surface area (Å²) in [6.45, 7) is 17.0. The lowest BCUT2D eigenvalue weighted by atomic mass is 10.1. The lowest BCUT2D eigenvalue weighted by Crippen LogP contribution is -2.36. The maximum Gasteiger partial charge on any atom is 0.241 e. The molecule has 1 unspecified atom stereocenters. The van der Waals surface area contributed by atoms with E-state index in [4.69, 9.17) is 9.16 Å². The van der Waals surface area contributed by atoms with Gasteiger partial charge in [0.15, 0.2) is 5.72 Å². The van der Waals surface area contributed by atoms with Crippen molar-refractivity contribution in [1.29, 1.82) is 0 Å². The highest BCUT2D eigenvalue weighted by molar-refractivity contribution is 6.70. The number of aromatic nitrogens is 3. The normalized spacial score (nSPS) is 14.3. The van der Waals surface area contributed by atoms with Crippen LogP contribution in [-0.4, -0.2) is 29.9 Å². The molecule has 0 aliphatic heterocycles. The van der Waals surface area contributed by atoms with Crippen molar-refractivity contribution in [2.24, 2.45) is 0 Å². The molecule has 1 heterocycles. The third kappa shape index (κ3) is 4.13. The molecular formula is C18H27N3O2Si. The Morgan fingerprint density at radius 1 is 1.33 bits per heavy atom. The van der Waals surface area contributed by atoms with Crippen molar-refractivity contribution >= 4 is 19.4 Å². The molecule has 24 heavy (non-hydrogen) atoms. The summed E-state index contributed by atoms with van der Waals surface area (Å²) in [6, 6.07) is 7.84. The Hall–Kier alpha value is -1.92. The van der Waals surface area contributed by atoms with Gasteiger partial charge in [-0.1, -0.05) is 30.5 Å². The van der Waals surface area contributed by atoms with Crippen LogP contribution in [0.1, 0.15) is 19.8 Å². The lowest BCUT2D eigenvalue weighted by Gasteiger charge is -2.32. The lowest BCUT2D eigenvalue weighted by molar-refractivity contribution is -0.0753. The zero-order chi connectivity index (χ0) is 17.8. The number of para-hydroxylation sites is 1. The minimum Gasteiger partial charge on any atom is -0.548 e. The zero-order valence-electron chi connectivity index (χ0n) is 15.1. The number of rotatable bonds is 9. The van der Waals surface area contributed by atoms with Crippen LogP contribution in [0, 0.1) is 0 Å². The summed E-state index contributed by atoms with van der Waals surface area (Å²) in [7, 11) is -1.66. The van der Waals surface area contributed by atoms with Crippen molar-refractivity contribution in [3.05, 3.63) is 49.3 Å². The molecule has 5 nitrogen and oxygen atoms in total. The SMILES string of the molecule is C=CC(CCC(=C)O[Si](C)(C)C)(OCC)n1nnc2ccccc21. The molecule has 0 radical (unpaired) electrons. The van der Waals surface area contributed by atoms with Crippen molar-refractivity contribution in [2.75, 3.05) is 6.61 Å². The van der Waals surface area contributed by atoms with Gasteiger partial charge in [-0.3, -0.25) is 0 Å². The average molecular weight is 346 g/mol. The summed E-state index contributed by atoms with van der Waals surface area (Å²) in [5.41, 5.74) is 0.986. The molecule has 1 aromatic carbocycles. The number of nitrogens with zero attached hydrogens (tertiary/aromatic N) is 3. The van der Waals surface area contributed by atoms with Crippen molar-refractivity contribution in [3.63, 3.8) is 0 Å². The Labute approximate surface area is 145 Å². The van der Waals surface area contributed by atoms with Gasteiger partial charge in [-0.25, -0.2) is 4.68 Å². The second kappa shape index (κ2) is 7.32. The van der Waals surface area contributed by atoms with E-state index < -0.39 is 14.0 Å². The highest BCUT2D eigenvalue weighted by Gasteiger charge is 2.32. The maximum atomic E-state index is 6.07. The predicted octanol–water partition coefficient (Wildman–Crippen LogP) is 4.45. The largest absolute Gasteiger partial charge is 0.548 e. The topological polar surface area (TPSA) is 49.2 Å². The molecule has 130 valence electrons. The fourth-order valence-electron chi connectivity index (χ4n) is 2.69. The standard InChI is InChI=1S/C18H27N3O2Si/c1-7-18(22-8-2,14-13-15(3)23-24(4,5)6)21-17-12-10-9-11-16(17)19-20-21/h7,9-12H,1,3,8,13-14H2,2,4-6H3. The first kappa shape index (κ1) is 18.4. The van der Waals surface area contributed by atoms with Crippen LogP contribution in [0.15, 0.2) is 49.3 Å². The Bertz CT molecular complexity index is 720. The summed E-state index contributed by atoms with van der Waals surface area (Å²) in [4.78, 5) is 0. The Morgan fingerprint density at radius 2 is 2.04 bits per heavy atom. The van der Waals surface area contributed by atoms with Gasteiger partial charge >= 0.3 is 0 Å². The minimum absolute atomic E-state index is 0.543. The second-order valence-electron chi connectivity index (χ2n) is 6.73. The van der Waals surface area contributed by atoms with E-state index in [2.05, 4.69) is 43.1 Å². The van der Waals surface area contributed by atoms with Crippen LogP contribution >= 0.6 is 0 Å². The molecule has 0 fully saturated rings. The summed E-state index contributed by atoms with van der Waals surface area (Å²) >= 11 is 0. The van der Waals surface area contributed by atoms with E-state index in [0.717, 1.165) is 16.8 Å². The van der Waals surface area contributed by atoms with Crippen molar-refractivity contribution < 1.29 is 9.16 Å². The molecule has 2 rings (SSSR count). The highest BCUT2D eigenvalue weighted by atomic mass is 28.4. The maximum absolute atomic E-state index is 6.07. The molecule has 0 amide bonds. The number of hydrogen-bond donors (Lipinski definition) is 0.